The van der Waals surface area contributed by atoms with Gasteiger partial charge in [-0.3, -0.25) is 0 Å². The standard InChI is InChI=1S/C25H24N6O2/c1-30-6-8-31(9-7-30)17-3-5-21-23(13-17)29-24(26-21)15-2-4-20-22(12-15)28-25(27-20)16-10-18(32)14-19(33)11-16/h2-5,10-14,32-33H,6-9H2,1H3,(H,26,29)(H,27,28)/p+1. The third-order valence-corrected chi connectivity index (χ3v) is 6.34. The van der Waals surface area contributed by atoms with Crippen LogP contribution in [0.5, 0.6) is 11.5 Å². The van der Waals surface area contributed by atoms with E-state index in [2.05, 4.69) is 50.0 Å². The number of fused-ring (bicyclic) bond motifs is 2. The molecule has 8 heteroatoms. The predicted octanol–water partition coefficient (Wildman–Crippen LogP) is 3.36. The van der Waals surface area contributed by atoms with Crippen molar-refractivity contribution in [2.24, 2.45) is 0 Å². The quantitative estimate of drug-likeness (QED) is 0.344. The van der Waals surface area contributed by atoms with Crippen molar-refractivity contribution in [1.29, 1.82) is 0 Å². The molecule has 0 radical (unpaired) electrons. The lowest BCUT2D eigenvalue weighted by atomic mass is 10.2. The van der Waals surface area contributed by atoms with Crippen LogP contribution >= 0.6 is 0 Å². The first kappa shape index (κ1) is 19.6. The minimum absolute atomic E-state index is 0.0102. The van der Waals surface area contributed by atoms with Gasteiger partial charge in [0.1, 0.15) is 17.3 Å². The highest BCUT2D eigenvalue weighted by molar-refractivity contribution is 5.85. The fraction of sp³-hybridized carbons (Fsp3) is 0.200. The van der Waals surface area contributed by atoms with E-state index < -0.39 is 0 Å². The molecule has 33 heavy (non-hydrogen) atoms. The Labute approximate surface area is 190 Å². The van der Waals surface area contributed by atoms with Gasteiger partial charge < -0.3 is 25.0 Å². The number of phenolic OH excluding ortho intramolecular Hbond substituents is 2. The fourth-order valence-corrected chi connectivity index (χ4v) is 4.48. The van der Waals surface area contributed by atoms with E-state index in [4.69, 9.17) is 4.98 Å². The number of likely N-dealkylation sites (N-methyl/N-ethyl adjacent to an activating group) is 1. The summed E-state index contributed by atoms with van der Waals surface area (Å²) in [6.07, 6.45) is 0. The molecule has 0 atom stereocenters. The molecule has 6 rings (SSSR count). The lowest BCUT2D eigenvalue weighted by Gasteiger charge is -2.34. The van der Waals surface area contributed by atoms with Gasteiger partial charge in [0.15, 0.2) is 11.0 Å². The van der Waals surface area contributed by atoms with Crippen molar-refractivity contribution >= 4 is 27.8 Å². The Hall–Kier alpha value is -4.04. The van der Waals surface area contributed by atoms with Crippen molar-refractivity contribution in [1.82, 2.24) is 19.9 Å². The SMILES string of the molecule is CN1CCN(c2ccc3nc(-c4ccc5[nH+]c(-c6cc(O)cc(O)c6)[nH]c5c4)[nH]c3c2)CC1. The van der Waals surface area contributed by atoms with Crippen molar-refractivity contribution in [3.05, 3.63) is 54.6 Å². The molecule has 1 fully saturated rings. The van der Waals surface area contributed by atoms with Gasteiger partial charge in [-0.25, -0.2) is 15.0 Å². The number of aromatic nitrogens is 4. The molecule has 1 saturated heterocycles. The number of piperazine rings is 1. The van der Waals surface area contributed by atoms with Gasteiger partial charge in [0.25, 0.3) is 5.82 Å². The molecule has 3 heterocycles. The Bertz CT molecular complexity index is 1460. The van der Waals surface area contributed by atoms with Crippen LogP contribution < -0.4 is 9.88 Å². The number of nitrogens with zero attached hydrogens (tertiary/aromatic N) is 3. The molecule has 1 aliphatic rings. The average molecular weight is 442 g/mol. The maximum Gasteiger partial charge on any atom is 0.285 e. The number of imidazole rings is 2. The van der Waals surface area contributed by atoms with Crippen LogP contribution in [0.4, 0.5) is 5.69 Å². The first-order chi connectivity index (χ1) is 16.0. The summed E-state index contributed by atoms with van der Waals surface area (Å²) in [7, 11) is 2.16. The number of hydrogen-bond donors (Lipinski definition) is 4. The monoisotopic (exact) mass is 441 g/mol. The summed E-state index contributed by atoms with van der Waals surface area (Å²) in [5, 5.41) is 19.6. The van der Waals surface area contributed by atoms with Crippen LogP contribution in [-0.2, 0) is 0 Å². The van der Waals surface area contributed by atoms with Gasteiger partial charge in [0, 0.05) is 49.6 Å². The first-order valence-corrected chi connectivity index (χ1v) is 11.0. The predicted molar refractivity (Wildman–Crippen MR) is 128 cm³/mol. The Balaban J connectivity index is 1.33. The van der Waals surface area contributed by atoms with E-state index in [0.717, 1.165) is 59.6 Å². The number of benzene rings is 3. The Morgan fingerprint density at radius 1 is 0.818 bits per heavy atom. The zero-order chi connectivity index (χ0) is 22.5. The molecule has 0 saturated carbocycles. The lowest BCUT2D eigenvalue weighted by molar-refractivity contribution is -0.330. The van der Waals surface area contributed by atoms with Crippen LogP contribution in [0.2, 0.25) is 0 Å². The van der Waals surface area contributed by atoms with E-state index in [1.807, 2.05) is 18.2 Å². The highest BCUT2D eigenvalue weighted by Crippen LogP contribution is 2.29. The number of phenols is 2. The van der Waals surface area contributed by atoms with E-state index >= 15 is 0 Å². The second kappa shape index (κ2) is 7.53. The van der Waals surface area contributed by atoms with Crippen molar-refractivity contribution in [3.63, 3.8) is 0 Å². The molecule has 0 bridgehead atoms. The summed E-state index contributed by atoms with van der Waals surface area (Å²) in [6, 6.07) is 17.0. The average Bonchev–Trinajstić information content (AvgIpc) is 3.42. The summed E-state index contributed by atoms with van der Waals surface area (Å²) in [4.78, 5) is 19.7. The molecule has 5 N–H and O–H groups in total. The first-order valence-electron chi connectivity index (χ1n) is 11.0. The van der Waals surface area contributed by atoms with E-state index in [-0.39, 0.29) is 11.5 Å². The molecule has 8 nitrogen and oxygen atoms in total. The van der Waals surface area contributed by atoms with Crippen molar-refractivity contribution < 1.29 is 15.2 Å². The fourth-order valence-electron chi connectivity index (χ4n) is 4.48. The molecular weight excluding hydrogens is 416 g/mol. The number of anilines is 1. The smallest absolute Gasteiger partial charge is 0.285 e. The highest BCUT2D eigenvalue weighted by Gasteiger charge is 2.17. The Kier molecular flexibility index (Phi) is 4.48. The molecule has 1 aliphatic heterocycles. The molecule has 0 spiro atoms. The zero-order valence-corrected chi connectivity index (χ0v) is 18.3. The van der Waals surface area contributed by atoms with Gasteiger partial charge in [0.2, 0.25) is 0 Å². The largest absolute Gasteiger partial charge is 0.508 e. The van der Waals surface area contributed by atoms with Crippen LogP contribution in [0.15, 0.2) is 54.6 Å². The summed E-state index contributed by atoms with van der Waals surface area (Å²) in [5.41, 5.74) is 6.66. The van der Waals surface area contributed by atoms with Gasteiger partial charge in [-0.1, -0.05) is 0 Å². The number of nitrogens with one attached hydrogen (secondary N) is 3. The van der Waals surface area contributed by atoms with Gasteiger partial charge in [0.05, 0.1) is 16.6 Å². The second-order valence-corrected chi connectivity index (χ2v) is 8.70. The molecule has 0 unspecified atom stereocenters. The maximum absolute atomic E-state index is 9.80. The molecule has 3 aromatic carbocycles. The second-order valence-electron chi connectivity index (χ2n) is 8.70. The Morgan fingerprint density at radius 3 is 2.39 bits per heavy atom. The van der Waals surface area contributed by atoms with Crippen LogP contribution in [0.25, 0.3) is 44.8 Å². The summed E-state index contributed by atoms with van der Waals surface area (Å²) in [6.45, 7) is 4.21. The minimum Gasteiger partial charge on any atom is -0.508 e. The number of aromatic amines is 3. The van der Waals surface area contributed by atoms with E-state index in [1.54, 1.807) is 12.1 Å². The normalized spacial score (nSPS) is 15.0. The molecule has 0 amide bonds. The summed E-state index contributed by atoms with van der Waals surface area (Å²) < 4.78 is 0. The minimum atomic E-state index is 0.0102. The van der Waals surface area contributed by atoms with Crippen molar-refractivity contribution in [2.75, 3.05) is 38.1 Å². The molecule has 5 aromatic rings. The van der Waals surface area contributed by atoms with Gasteiger partial charge in [-0.05, 0) is 49.5 Å². The van der Waals surface area contributed by atoms with E-state index in [9.17, 15) is 10.2 Å². The molecule has 2 aromatic heterocycles. The van der Waals surface area contributed by atoms with Gasteiger partial charge in [-0.15, -0.1) is 0 Å². The third-order valence-electron chi connectivity index (χ3n) is 6.34. The van der Waals surface area contributed by atoms with Gasteiger partial charge >= 0.3 is 0 Å². The van der Waals surface area contributed by atoms with Crippen LogP contribution in [-0.4, -0.2) is 63.3 Å². The lowest BCUT2D eigenvalue weighted by Crippen LogP contribution is -2.44. The Morgan fingerprint density at radius 2 is 1.61 bits per heavy atom. The van der Waals surface area contributed by atoms with E-state index in [0.29, 0.717) is 11.4 Å². The van der Waals surface area contributed by atoms with Crippen molar-refractivity contribution in [3.8, 4) is 34.3 Å². The number of hydrogen-bond acceptors (Lipinski definition) is 5. The number of aromatic hydroxyl groups is 2. The topological polar surface area (TPSA) is 106 Å². The van der Waals surface area contributed by atoms with Crippen molar-refractivity contribution in [2.45, 2.75) is 0 Å². The summed E-state index contributed by atoms with van der Waals surface area (Å²) in [5.74, 6) is 1.54. The zero-order valence-electron chi connectivity index (χ0n) is 18.3. The molecule has 0 aliphatic carbocycles. The maximum atomic E-state index is 9.80. The number of rotatable bonds is 3. The third kappa shape index (κ3) is 3.64. The van der Waals surface area contributed by atoms with E-state index in [1.165, 1.54) is 11.8 Å². The van der Waals surface area contributed by atoms with Crippen LogP contribution in [0.1, 0.15) is 0 Å². The summed E-state index contributed by atoms with van der Waals surface area (Å²) >= 11 is 0. The molecular formula is C25H25N6O2+. The van der Waals surface area contributed by atoms with Crippen LogP contribution in [0, 0.1) is 0 Å². The molecule has 166 valence electrons. The van der Waals surface area contributed by atoms with Crippen LogP contribution in [0.3, 0.4) is 0 Å². The number of H-pyrrole nitrogens is 3. The highest BCUT2D eigenvalue weighted by atomic mass is 16.3. The van der Waals surface area contributed by atoms with Gasteiger partial charge in [-0.2, -0.15) is 0 Å².